The Hall–Kier alpha value is -1.26. The summed E-state index contributed by atoms with van der Waals surface area (Å²) in [5.74, 6) is 1.65. The monoisotopic (exact) mass is 236 g/mol. The summed E-state index contributed by atoms with van der Waals surface area (Å²) in [5.41, 5.74) is 8.49. The molecule has 1 aromatic carbocycles. The molecule has 0 bridgehead atoms. The number of hydrogen-bond acceptors (Lipinski definition) is 4. The Balaban J connectivity index is 2.22. The van der Waals surface area contributed by atoms with Crippen LogP contribution in [0, 0.1) is 6.92 Å². The highest BCUT2D eigenvalue weighted by Gasteiger charge is 2.17. The first-order chi connectivity index (χ1) is 8.22. The van der Waals surface area contributed by atoms with Crippen molar-refractivity contribution in [3.05, 3.63) is 23.3 Å². The second-order valence-corrected chi connectivity index (χ2v) is 4.35. The fraction of sp³-hybridized carbons (Fsp3) is 0.538. The van der Waals surface area contributed by atoms with Gasteiger partial charge in [0.25, 0.3) is 0 Å². The number of benzene rings is 1. The average molecular weight is 236 g/mol. The first-order valence-electron chi connectivity index (χ1n) is 6.02. The molecule has 0 aliphatic carbocycles. The molecule has 1 unspecified atom stereocenters. The van der Waals surface area contributed by atoms with Crippen LogP contribution in [0.1, 0.15) is 23.6 Å². The molecule has 4 nitrogen and oxygen atoms in total. The maximum atomic E-state index is 6.18. The van der Waals surface area contributed by atoms with Gasteiger partial charge in [0.2, 0.25) is 0 Å². The molecule has 1 heterocycles. The molecule has 2 rings (SSSR count). The average Bonchev–Trinajstić information content (AvgIpc) is 2.35. The van der Waals surface area contributed by atoms with E-state index < -0.39 is 0 Å². The molecule has 1 aliphatic rings. The zero-order valence-electron chi connectivity index (χ0n) is 10.5. The molecule has 0 spiro atoms. The van der Waals surface area contributed by atoms with Crippen molar-refractivity contribution in [3.8, 4) is 11.5 Å². The number of fused-ring (bicyclic) bond motifs is 1. The van der Waals surface area contributed by atoms with Crippen molar-refractivity contribution in [1.29, 1.82) is 0 Å². The standard InChI is InChI=1S/C13H20N2O2/c1-9-7-12-13(17-6-5-16-12)8-10(9)11(14)3-4-15-2/h7-8,11,15H,3-6,14H2,1-2H3. The van der Waals surface area contributed by atoms with E-state index in [-0.39, 0.29) is 6.04 Å². The largest absolute Gasteiger partial charge is 0.486 e. The van der Waals surface area contributed by atoms with Crippen molar-refractivity contribution in [2.75, 3.05) is 26.8 Å². The van der Waals surface area contributed by atoms with Gasteiger partial charge in [-0.1, -0.05) is 0 Å². The normalized spacial score (nSPS) is 15.7. The smallest absolute Gasteiger partial charge is 0.161 e. The van der Waals surface area contributed by atoms with Crippen LogP contribution >= 0.6 is 0 Å². The van der Waals surface area contributed by atoms with Crippen molar-refractivity contribution in [2.45, 2.75) is 19.4 Å². The lowest BCUT2D eigenvalue weighted by Crippen LogP contribution is -2.20. The van der Waals surface area contributed by atoms with E-state index in [4.69, 9.17) is 15.2 Å². The first-order valence-corrected chi connectivity index (χ1v) is 6.02. The summed E-state index contributed by atoms with van der Waals surface area (Å²) in [6, 6.07) is 4.08. The molecule has 0 amide bonds. The SMILES string of the molecule is CNCCC(N)c1cc2c(cc1C)OCCO2. The van der Waals surface area contributed by atoms with Crippen LogP contribution < -0.4 is 20.5 Å². The Kier molecular flexibility index (Phi) is 3.86. The Bertz CT molecular complexity index is 393. The predicted octanol–water partition coefficient (Wildman–Crippen LogP) is 1.38. The van der Waals surface area contributed by atoms with Crippen LogP contribution in [0.3, 0.4) is 0 Å². The number of nitrogens with two attached hydrogens (primary N) is 1. The molecule has 0 radical (unpaired) electrons. The van der Waals surface area contributed by atoms with Gasteiger partial charge in [0.05, 0.1) is 0 Å². The second-order valence-electron chi connectivity index (χ2n) is 4.35. The highest BCUT2D eigenvalue weighted by molar-refractivity contribution is 5.48. The van der Waals surface area contributed by atoms with Gasteiger partial charge in [0, 0.05) is 6.04 Å². The summed E-state index contributed by atoms with van der Waals surface area (Å²) in [6.07, 6.45) is 0.914. The summed E-state index contributed by atoms with van der Waals surface area (Å²) in [4.78, 5) is 0. The highest BCUT2D eigenvalue weighted by Crippen LogP contribution is 2.35. The van der Waals surface area contributed by atoms with Crippen LogP contribution in [0.5, 0.6) is 11.5 Å². The van der Waals surface area contributed by atoms with E-state index in [1.165, 1.54) is 0 Å². The lowest BCUT2D eigenvalue weighted by molar-refractivity contribution is 0.171. The molecular weight excluding hydrogens is 216 g/mol. The van der Waals surface area contributed by atoms with Crippen molar-refractivity contribution < 1.29 is 9.47 Å². The number of hydrogen-bond donors (Lipinski definition) is 2. The Morgan fingerprint density at radius 1 is 1.29 bits per heavy atom. The molecule has 1 aromatic rings. The number of ether oxygens (including phenoxy) is 2. The van der Waals surface area contributed by atoms with Crippen LogP contribution in [0.25, 0.3) is 0 Å². The van der Waals surface area contributed by atoms with E-state index >= 15 is 0 Å². The lowest BCUT2D eigenvalue weighted by Gasteiger charge is -2.22. The molecule has 1 atom stereocenters. The molecule has 0 fully saturated rings. The number of nitrogens with one attached hydrogen (secondary N) is 1. The van der Waals surface area contributed by atoms with Gasteiger partial charge in [0.15, 0.2) is 11.5 Å². The number of aryl methyl sites for hydroxylation is 1. The van der Waals surface area contributed by atoms with Gasteiger partial charge in [-0.15, -0.1) is 0 Å². The highest BCUT2D eigenvalue weighted by atomic mass is 16.6. The summed E-state index contributed by atoms with van der Waals surface area (Å²) in [6.45, 7) is 4.21. The van der Waals surface area contributed by atoms with E-state index in [0.717, 1.165) is 35.6 Å². The topological polar surface area (TPSA) is 56.5 Å². The van der Waals surface area contributed by atoms with Crippen LogP contribution in [-0.4, -0.2) is 26.8 Å². The van der Waals surface area contributed by atoms with E-state index in [1.54, 1.807) is 0 Å². The van der Waals surface area contributed by atoms with E-state index in [9.17, 15) is 0 Å². The maximum absolute atomic E-state index is 6.18. The molecule has 0 aromatic heterocycles. The minimum Gasteiger partial charge on any atom is -0.486 e. The first kappa shape index (κ1) is 12.2. The van der Waals surface area contributed by atoms with Gasteiger partial charge in [-0.25, -0.2) is 0 Å². The maximum Gasteiger partial charge on any atom is 0.161 e. The second kappa shape index (κ2) is 5.38. The fourth-order valence-electron chi connectivity index (χ4n) is 2.06. The van der Waals surface area contributed by atoms with Gasteiger partial charge in [-0.2, -0.15) is 0 Å². The predicted molar refractivity (Wildman–Crippen MR) is 67.6 cm³/mol. The minimum absolute atomic E-state index is 0.0401. The van der Waals surface area contributed by atoms with Crippen LogP contribution in [0.2, 0.25) is 0 Å². The molecule has 0 saturated heterocycles. The Labute approximate surface area is 102 Å². The minimum atomic E-state index is 0.0401. The number of rotatable bonds is 4. The fourth-order valence-corrected chi connectivity index (χ4v) is 2.06. The van der Waals surface area contributed by atoms with E-state index in [0.29, 0.717) is 13.2 Å². The van der Waals surface area contributed by atoms with E-state index in [2.05, 4.69) is 12.2 Å². The summed E-state index contributed by atoms with van der Waals surface area (Å²) in [7, 11) is 1.93. The van der Waals surface area contributed by atoms with Gasteiger partial charge < -0.3 is 20.5 Å². The van der Waals surface area contributed by atoms with Crippen molar-refractivity contribution >= 4 is 0 Å². The summed E-state index contributed by atoms with van der Waals surface area (Å²) in [5, 5.41) is 3.11. The third-order valence-electron chi connectivity index (χ3n) is 3.04. The zero-order chi connectivity index (χ0) is 12.3. The molecule has 0 saturated carbocycles. The molecule has 17 heavy (non-hydrogen) atoms. The third-order valence-corrected chi connectivity index (χ3v) is 3.04. The van der Waals surface area contributed by atoms with Crippen LogP contribution in [-0.2, 0) is 0 Å². The van der Waals surface area contributed by atoms with Crippen LogP contribution in [0.4, 0.5) is 0 Å². The Morgan fingerprint density at radius 2 is 1.94 bits per heavy atom. The zero-order valence-corrected chi connectivity index (χ0v) is 10.5. The van der Waals surface area contributed by atoms with Crippen molar-refractivity contribution in [2.24, 2.45) is 5.73 Å². The third kappa shape index (κ3) is 2.70. The summed E-state index contributed by atoms with van der Waals surface area (Å²) < 4.78 is 11.1. The van der Waals surface area contributed by atoms with Gasteiger partial charge in [-0.3, -0.25) is 0 Å². The molecule has 3 N–H and O–H groups in total. The molecule has 4 heteroatoms. The Morgan fingerprint density at radius 3 is 2.59 bits per heavy atom. The van der Waals surface area contributed by atoms with E-state index in [1.807, 2.05) is 19.2 Å². The quantitative estimate of drug-likeness (QED) is 0.829. The van der Waals surface area contributed by atoms with Crippen LogP contribution in [0.15, 0.2) is 12.1 Å². The van der Waals surface area contributed by atoms with Crippen molar-refractivity contribution in [3.63, 3.8) is 0 Å². The van der Waals surface area contributed by atoms with Crippen molar-refractivity contribution in [1.82, 2.24) is 5.32 Å². The van der Waals surface area contributed by atoms with Gasteiger partial charge in [0.1, 0.15) is 13.2 Å². The van der Waals surface area contributed by atoms with Gasteiger partial charge >= 0.3 is 0 Å². The molecular formula is C13H20N2O2. The van der Waals surface area contributed by atoms with Gasteiger partial charge in [-0.05, 0) is 50.2 Å². The molecule has 1 aliphatic heterocycles. The summed E-state index contributed by atoms with van der Waals surface area (Å²) >= 11 is 0. The molecule has 94 valence electrons. The lowest BCUT2D eigenvalue weighted by atomic mass is 9.98.